The number of halogens is 1. The molecule has 0 spiro atoms. The summed E-state index contributed by atoms with van der Waals surface area (Å²) in [7, 11) is 0. The van der Waals surface area contributed by atoms with Crippen LogP contribution in [0.25, 0.3) is 11.5 Å². The van der Waals surface area contributed by atoms with E-state index in [4.69, 9.17) is 21.9 Å². The summed E-state index contributed by atoms with van der Waals surface area (Å²) in [5.74, 6) is 1.08. The molecule has 1 atom stereocenters. The van der Waals surface area contributed by atoms with E-state index in [1.54, 1.807) is 12.1 Å². The first-order valence-corrected chi connectivity index (χ1v) is 5.67. The van der Waals surface area contributed by atoms with Crippen LogP contribution in [0.2, 0.25) is 5.02 Å². The van der Waals surface area contributed by atoms with Crippen molar-refractivity contribution < 1.29 is 4.52 Å². The topological polar surface area (TPSA) is 77.8 Å². The number of rotatable bonds is 3. The fourth-order valence-electron chi connectivity index (χ4n) is 1.27. The minimum atomic E-state index is -0.261. The molecule has 0 saturated carbocycles. The minimum absolute atomic E-state index is 0.237. The molecule has 2 heterocycles. The summed E-state index contributed by atoms with van der Waals surface area (Å²) < 4.78 is 5.11. The van der Waals surface area contributed by atoms with Gasteiger partial charge in [0.2, 0.25) is 11.7 Å². The Balaban J connectivity index is 2.26. The van der Waals surface area contributed by atoms with Crippen LogP contribution in [0.5, 0.6) is 0 Å². The Bertz CT molecular complexity index is 494. The van der Waals surface area contributed by atoms with Gasteiger partial charge in [-0.05, 0) is 18.1 Å². The van der Waals surface area contributed by atoms with Gasteiger partial charge in [-0.3, -0.25) is 4.98 Å². The zero-order valence-electron chi connectivity index (χ0n) is 9.59. The number of aromatic nitrogens is 3. The van der Waals surface area contributed by atoms with E-state index in [9.17, 15) is 0 Å². The molecule has 90 valence electrons. The van der Waals surface area contributed by atoms with E-state index in [1.807, 2.05) is 13.8 Å². The van der Waals surface area contributed by atoms with E-state index in [0.29, 0.717) is 22.4 Å². The van der Waals surface area contributed by atoms with Crippen LogP contribution in [0, 0.1) is 5.92 Å². The first-order valence-electron chi connectivity index (χ1n) is 5.29. The van der Waals surface area contributed by atoms with Gasteiger partial charge in [0.05, 0.1) is 11.1 Å². The summed E-state index contributed by atoms with van der Waals surface area (Å²) in [5, 5.41) is 4.41. The first-order chi connectivity index (χ1) is 8.08. The third-order valence-corrected chi connectivity index (χ3v) is 2.63. The Labute approximate surface area is 104 Å². The maximum atomic E-state index is 5.92. The van der Waals surface area contributed by atoms with Gasteiger partial charge in [0.1, 0.15) is 5.69 Å². The van der Waals surface area contributed by atoms with Crippen molar-refractivity contribution in [1.29, 1.82) is 0 Å². The Morgan fingerprint density at radius 2 is 2.12 bits per heavy atom. The Hall–Kier alpha value is -1.46. The van der Waals surface area contributed by atoms with Crippen LogP contribution < -0.4 is 5.73 Å². The van der Waals surface area contributed by atoms with Crippen LogP contribution in [0.3, 0.4) is 0 Å². The molecule has 5 nitrogen and oxygen atoms in total. The van der Waals surface area contributed by atoms with Gasteiger partial charge < -0.3 is 10.3 Å². The molecule has 0 amide bonds. The second-order valence-corrected chi connectivity index (χ2v) is 4.52. The average molecular weight is 253 g/mol. The van der Waals surface area contributed by atoms with Crippen molar-refractivity contribution in [3.05, 3.63) is 29.2 Å². The normalized spacial score (nSPS) is 13.0. The second-order valence-electron chi connectivity index (χ2n) is 4.09. The Morgan fingerprint density at radius 3 is 2.71 bits per heavy atom. The monoisotopic (exact) mass is 252 g/mol. The summed E-state index contributed by atoms with van der Waals surface area (Å²) in [6.45, 7) is 3.99. The van der Waals surface area contributed by atoms with Crippen molar-refractivity contribution >= 4 is 11.6 Å². The van der Waals surface area contributed by atoms with Crippen LogP contribution in [0.15, 0.2) is 22.9 Å². The number of pyridine rings is 1. The van der Waals surface area contributed by atoms with Crippen LogP contribution in [0.4, 0.5) is 0 Å². The van der Waals surface area contributed by atoms with Crippen LogP contribution in [-0.4, -0.2) is 15.1 Å². The molecule has 2 rings (SSSR count). The smallest absolute Gasteiger partial charge is 0.244 e. The van der Waals surface area contributed by atoms with Gasteiger partial charge in [-0.15, -0.1) is 0 Å². The molecule has 0 aliphatic heterocycles. The zero-order valence-corrected chi connectivity index (χ0v) is 10.3. The molecule has 0 bridgehead atoms. The van der Waals surface area contributed by atoms with E-state index in [2.05, 4.69) is 15.1 Å². The number of hydrogen-bond acceptors (Lipinski definition) is 5. The highest BCUT2D eigenvalue weighted by atomic mass is 35.5. The van der Waals surface area contributed by atoms with Gasteiger partial charge >= 0.3 is 0 Å². The molecule has 0 saturated heterocycles. The molecule has 1 unspecified atom stereocenters. The lowest BCUT2D eigenvalue weighted by Gasteiger charge is -2.09. The second kappa shape index (κ2) is 4.81. The van der Waals surface area contributed by atoms with E-state index >= 15 is 0 Å². The fourth-order valence-corrected chi connectivity index (χ4v) is 1.38. The lowest BCUT2D eigenvalue weighted by Crippen LogP contribution is -2.16. The van der Waals surface area contributed by atoms with Crippen molar-refractivity contribution in [1.82, 2.24) is 15.1 Å². The van der Waals surface area contributed by atoms with E-state index in [1.165, 1.54) is 6.20 Å². The lowest BCUT2D eigenvalue weighted by molar-refractivity contribution is 0.325. The van der Waals surface area contributed by atoms with Gasteiger partial charge in [-0.1, -0.05) is 30.6 Å². The molecule has 0 aliphatic rings. The molecule has 2 aromatic heterocycles. The first kappa shape index (κ1) is 12.0. The predicted octanol–water partition coefficient (Wildman–Crippen LogP) is 2.44. The van der Waals surface area contributed by atoms with Crippen molar-refractivity contribution in [2.24, 2.45) is 11.7 Å². The van der Waals surface area contributed by atoms with Gasteiger partial charge in [0, 0.05) is 6.20 Å². The molecular formula is C11H13ClN4O. The van der Waals surface area contributed by atoms with Crippen molar-refractivity contribution in [3.63, 3.8) is 0 Å². The minimum Gasteiger partial charge on any atom is -0.337 e. The van der Waals surface area contributed by atoms with Crippen LogP contribution >= 0.6 is 11.6 Å². The molecular weight excluding hydrogens is 240 g/mol. The summed E-state index contributed by atoms with van der Waals surface area (Å²) in [5.41, 5.74) is 6.53. The van der Waals surface area contributed by atoms with Gasteiger partial charge in [0.25, 0.3) is 0 Å². The molecule has 0 radical (unpaired) electrons. The summed E-state index contributed by atoms with van der Waals surface area (Å²) in [4.78, 5) is 8.33. The van der Waals surface area contributed by atoms with Crippen molar-refractivity contribution in [3.8, 4) is 11.5 Å². The number of nitrogens with zero attached hydrogens (tertiary/aromatic N) is 3. The highest BCUT2D eigenvalue weighted by Gasteiger charge is 2.18. The number of nitrogens with two attached hydrogens (primary N) is 1. The largest absolute Gasteiger partial charge is 0.337 e. The van der Waals surface area contributed by atoms with Crippen LogP contribution in [-0.2, 0) is 0 Å². The molecule has 6 heteroatoms. The highest BCUT2D eigenvalue weighted by Crippen LogP contribution is 2.20. The maximum Gasteiger partial charge on any atom is 0.244 e. The van der Waals surface area contributed by atoms with E-state index in [0.717, 1.165) is 0 Å². The quantitative estimate of drug-likeness (QED) is 0.908. The van der Waals surface area contributed by atoms with Crippen molar-refractivity contribution in [2.45, 2.75) is 19.9 Å². The fraction of sp³-hybridized carbons (Fsp3) is 0.364. The predicted molar refractivity (Wildman–Crippen MR) is 64.3 cm³/mol. The van der Waals surface area contributed by atoms with Gasteiger partial charge in [-0.2, -0.15) is 4.98 Å². The molecule has 0 fully saturated rings. The third-order valence-electron chi connectivity index (χ3n) is 2.40. The molecule has 2 N–H and O–H groups in total. The Morgan fingerprint density at radius 1 is 1.35 bits per heavy atom. The molecule has 17 heavy (non-hydrogen) atoms. The maximum absolute atomic E-state index is 5.92. The van der Waals surface area contributed by atoms with E-state index < -0.39 is 0 Å². The third kappa shape index (κ3) is 2.62. The average Bonchev–Trinajstić information content (AvgIpc) is 2.78. The Kier molecular flexibility index (Phi) is 3.40. The van der Waals surface area contributed by atoms with Gasteiger partial charge in [-0.25, -0.2) is 0 Å². The lowest BCUT2D eigenvalue weighted by atomic mass is 10.1. The summed E-state index contributed by atoms with van der Waals surface area (Å²) in [6, 6.07) is 3.20. The van der Waals surface area contributed by atoms with Crippen molar-refractivity contribution in [2.75, 3.05) is 0 Å². The van der Waals surface area contributed by atoms with Gasteiger partial charge in [0.15, 0.2) is 0 Å². The molecule has 0 aromatic carbocycles. The summed E-state index contributed by atoms with van der Waals surface area (Å²) in [6.07, 6.45) is 1.54. The van der Waals surface area contributed by atoms with E-state index in [-0.39, 0.29) is 12.0 Å². The number of hydrogen-bond donors (Lipinski definition) is 1. The SMILES string of the molecule is CC(C)C(N)c1nc(-c2ccc(Cl)cn2)no1. The summed E-state index contributed by atoms with van der Waals surface area (Å²) >= 11 is 5.75. The zero-order chi connectivity index (χ0) is 12.4. The molecule has 0 aliphatic carbocycles. The highest BCUT2D eigenvalue weighted by molar-refractivity contribution is 6.30. The standard InChI is InChI=1S/C11H13ClN4O/c1-6(2)9(13)11-15-10(16-17-11)8-4-3-7(12)5-14-8/h3-6,9H,13H2,1-2H3. The molecule has 2 aromatic rings. The van der Waals surface area contributed by atoms with Crippen LogP contribution in [0.1, 0.15) is 25.8 Å².